The fourth-order valence-electron chi connectivity index (χ4n) is 4.81. The molecule has 1 saturated carbocycles. The lowest BCUT2D eigenvalue weighted by atomic mass is 9.83. The molecule has 0 radical (unpaired) electrons. The van der Waals surface area contributed by atoms with E-state index in [4.69, 9.17) is 4.74 Å². The van der Waals surface area contributed by atoms with E-state index in [1.807, 2.05) is 7.05 Å². The molecular weight excluding hydrogens is 460 g/mol. The standard InChI is InChI=1S/C23H36N4O6S/c1-25-14-16-26(17-15-25)21(28)12-13-27(22(23(29)24-30)18-6-4-3-5-7-18)34(31,32)20-10-8-19(33-2)9-11-20/h8-11,18,22,30H,3-7,12-17H2,1-2H3,(H,24,29)/t22-/m1/s1. The first-order chi connectivity index (χ1) is 16.3. The second-order valence-corrected chi connectivity index (χ2v) is 10.9. The van der Waals surface area contributed by atoms with E-state index in [2.05, 4.69) is 4.90 Å². The van der Waals surface area contributed by atoms with E-state index in [9.17, 15) is 23.2 Å². The van der Waals surface area contributed by atoms with E-state index in [1.165, 1.54) is 19.2 Å². The molecule has 2 N–H and O–H groups in total. The number of sulfonamides is 1. The number of rotatable bonds is 9. The Hall–Kier alpha value is -2.21. The van der Waals surface area contributed by atoms with E-state index < -0.39 is 22.0 Å². The summed E-state index contributed by atoms with van der Waals surface area (Å²) in [5.74, 6) is -0.647. The van der Waals surface area contributed by atoms with Crippen molar-refractivity contribution in [2.45, 2.75) is 49.5 Å². The third-order valence-electron chi connectivity index (χ3n) is 6.85. The van der Waals surface area contributed by atoms with Crippen LogP contribution < -0.4 is 10.2 Å². The van der Waals surface area contributed by atoms with Crippen molar-refractivity contribution in [2.75, 3.05) is 46.9 Å². The highest BCUT2D eigenvalue weighted by atomic mass is 32.2. The molecular formula is C23H36N4O6S. The molecule has 190 valence electrons. The number of methoxy groups -OCH3 is 1. The summed E-state index contributed by atoms with van der Waals surface area (Å²) < 4.78 is 33.8. The normalized spacial score (nSPS) is 19.1. The van der Waals surface area contributed by atoms with Crippen molar-refractivity contribution in [1.29, 1.82) is 0 Å². The first-order valence-electron chi connectivity index (χ1n) is 11.8. The lowest BCUT2D eigenvalue weighted by molar-refractivity contribution is -0.137. The molecule has 10 nitrogen and oxygen atoms in total. The molecule has 0 aromatic heterocycles. The van der Waals surface area contributed by atoms with Gasteiger partial charge in [-0.05, 0) is 50.1 Å². The van der Waals surface area contributed by atoms with Gasteiger partial charge in [0, 0.05) is 39.1 Å². The highest BCUT2D eigenvalue weighted by Gasteiger charge is 2.41. The molecule has 2 aliphatic rings. The van der Waals surface area contributed by atoms with Gasteiger partial charge in [-0.2, -0.15) is 4.31 Å². The molecule has 1 aliphatic carbocycles. The summed E-state index contributed by atoms with van der Waals surface area (Å²) in [4.78, 5) is 29.6. The maximum Gasteiger partial charge on any atom is 0.262 e. The van der Waals surface area contributed by atoms with Crippen LogP contribution in [0.1, 0.15) is 38.5 Å². The summed E-state index contributed by atoms with van der Waals surface area (Å²) in [5, 5.41) is 9.48. The molecule has 1 heterocycles. The fourth-order valence-corrected chi connectivity index (χ4v) is 6.46. The van der Waals surface area contributed by atoms with Crippen LogP contribution in [0, 0.1) is 5.92 Å². The Balaban J connectivity index is 1.90. The van der Waals surface area contributed by atoms with Gasteiger partial charge in [-0.15, -0.1) is 0 Å². The van der Waals surface area contributed by atoms with Crippen molar-refractivity contribution in [3.63, 3.8) is 0 Å². The SMILES string of the molecule is COc1ccc(S(=O)(=O)N(CCC(=O)N2CCN(C)CC2)[C@@H](C(=O)NO)C2CCCCC2)cc1. The number of carbonyl (C=O) groups is 2. The minimum absolute atomic E-state index is 0.00638. The smallest absolute Gasteiger partial charge is 0.262 e. The molecule has 11 heteroatoms. The van der Waals surface area contributed by atoms with Crippen molar-refractivity contribution >= 4 is 21.8 Å². The number of carbonyl (C=O) groups excluding carboxylic acids is 2. The van der Waals surface area contributed by atoms with Crippen LogP contribution in [-0.4, -0.2) is 92.5 Å². The Bertz CT molecular complexity index is 925. The fraction of sp³-hybridized carbons (Fsp3) is 0.652. The molecule has 1 aromatic carbocycles. The number of nitrogens with zero attached hydrogens (tertiary/aromatic N) is 3. The molecule has 2 amide bonds. The Morgan fingerprint density at radius 2 is 1.74 bits per heavy atom. The summed E-state index contributed by atoms with van der Waals surface area (Å²) in [6, 6.07) is 4.85. The zero-order valence-electron chi connectivity index (χ0n) is 20.0. The number of nitrogens with one attached hydrogen (secondary N) is 1. The highest BCUT2D eigenvalue weighted by Crippen LogP contribution is 2.32. The molecule has 34 heavy (non-hydrogen) atoms. The Morgan fingerprint density at radius 1 is 1.12 bits per heavy atom. The maximum absolute atomic E-state index is 13.8. The third-order valence-corrected chi connectivity index (χ3v) is 8.75. The largest absolute Gasteiger partial charge is 0.497 e. The molecule has 1 saturated heterocycles. The lowest BCUT2D eigenvalue weighted by Gasteiger charge is -2.37. The van der Waals surface area contributed by atoms with Crippen LogP contribution in [0.25, 0.3) is 0 Å². The van der Waals surface area contributed by atoms with Crippen LogP contribution >= 0.6 is 0 Å². The minimum Gasteiger partial charge on any atom is -0.497 e. The van der Waals surface area contributed by atoms with Gasteiger partial charge in [-0.1, -0.05) is 19.3 Å². The molecule has 1 atom stereocenters. The predicted molar refractivity (Wildman–Crippen MR) is 126 cm³/mol. The molecule has 0 unspecified atom stereocenters. The number of piperazine rings is 1. The molecule has 1 aromatic rings. The average molecular weight is 497 g/mol. The van der Waals surface area contributed by atoms with Gasteiger partial charge in [-0.25, -0.2) is 13.9 Å². The van der Waals surface area contributed by atoms with E-state index in [1.54, 1.807) is 22.5 Å². The van der Waals surface area contributed by atoms with E-state index in [0.717, 1.165) is 36.7 Å². The van der Waals surface area contributed by atoms with Crippen LogP contribution in [0.4, 0.5) is 0 Å². The lowest BCUT2D eigenvalue weighted by Crippen LogP contribution is -2.54. The first kappa shape index (κ1) is 26.4. The van der Waals surface area contributed by atoms with Gasteiger partial charge in [0.15, 0.2) is 0 Å². The van der Waals surface area contributed by atoms with Gasteiger partial charge in [-0.3, -0.25) is 14.8 Å². The second-order valence-electron chi connectivity index (χ2n) is 9.04. The number of benzene rings is 1. The first-order valence-corrected chi connectivity index (χ1v) is 13.3. The number of amides is 2. The number of hydrogen-bond donors (Lipinski definition) is 2. The van der Waals surface area contributed by atoms with Crippen LogP contribution in [0.5, 0.6) is 5.75 Å². The topological polar surface area (TPSA) is 119 Å². The summed E-state index contributed by atoms with van der Waals surface area (Å²) >= 11 is 0. The number of hydroxylamine groups is 1. The number of ether oxygens (including phenoxy) is 1. The summed E-state index contributed by atoms with van der Waals surface area (Å²) in [6.45, 7) is 2.55. The highest BCUT2D eigenvalue weighted by molar-refractivity contribution is 7.89. The van der Waals surface area contributed by atoms with Crippen LogP contribution in [0.15, 0.2) is 29.2 Å². The van der Waals surface area contributed by atoms with Gasteiger partial charge in [0.1, 0.15) is 11.8 Å². The molecule has 0 spiro atoms. The predicted octanol–water partition coefficient (Wildman–Crippen LogP) is 1.30. The minimum atomic E-state index is -4.14. The van der Waals surface area contributed by atoms with Gasteiger partial charge >= 0.3 is 0 Å². The Labute approximate surface area is 201 Å². The van der Waals surface area contributed by atoms with E-state index in [-0.39, 0.29) is 29.7 Å². The van der Waals surface area contributed by atoms with Gasteiger partial charge in [0.2, 0.25) is 15.9 Å². The van der Waals surface area contributed by atoms with Gasteiger partial charge < -0.3 is 14.5 Å². The molecule has 1 aliphatic heterocycles. The molecule has 2 fully saturated rings. The van der Waals surface area contributed by atoms with Crippen molar-refractivity contribution in [3.05, 3.63) is 24.3 Å². The summed E-state index contributed by atoms with van der Waals surface area (Å²) in [5.41, 5.74) is 1.67. The average Bonchev–Trinajstić information content (AvgIpc) is 2.86. The second kappa shape index (κ2) is 12.0. The van der Waals surface area contributed by atoms with E-state index >= 15 is 0 Å². The van der Waals surface area contributed by atoms with Crippen molar-refractivity contribution in [3.8, 4) is 5.75 Å². The number of likely N-dealkylation sites (N-methyl/N-ethyl adjacent to an activating group) is 1. The number of hydrogen-bond acceptors (Lipinski definition) is 7. The Kier molecular flexibility index (Phi) is 9.29. The molecule has 3 rings (SSSR count). The van der Waals surface area contributed by atoms with Crippen LogP contribution in [0.3, 0.4) is 0 Å². The van der Waals surface area contributed by atoms with Crippen molar-refractivity contribution in [1.82, 2.24) is 19.6 Å². The quantitative estimate of drug-likeness (QED) is 0.391. The molecule has 0 bridgehead atoms. The Morgan fingerprint density at radius 3 is 2.29 bits per heavy atom. The zero-order chi connectivity index (χ0) is 24.7. The van der Waals surface area contributed by atoms with Gasteiger partial charge in [0.25, 0.3) is 5.91 Å². The van der Waals surface area contributed by atoms with Crippen LogP contribution in [-0.2, 0) is 19.6 Å². The van der Waals surface area contributed by atoms with Crippen molar-refractivity contribution in [2.24, 2.45) is 5.92 Å². The summed E-state index contributed by atoms with van der Waals surface area (Å²) in [7, 11) is -0.654. The van der Waals surface area contributed by atoms with E-state index in [0.29, 0.717) is 31.7 Å². The third kappa shape index (κ3) is 6.26. The van der Waals surface area contributed by atoms with Gasteiger partial charge in [0.05, 0.1) is 12.0 Å². The monoisotopic (exact) mass is 496 g/mol. The summed E-state index contributed by atoms with van der Waals surface area (Å²) in [6.07, 6.45) is 4.11. The van der Waals surface area contributed by atoms with Crippen molar-refractivity contribution < 1.29 is 28.0 Å². The van der Waals surface area contributed by atoms with Crippen LogP contribution in [0.2, 0.25) is 0 Å². The maximum atomic E-state index is 13.8. The zero-order valence-corrected chi connectivity index (χ0v) is 20.8.